The van der Waals surface area contributed by atoms with E-state index < -0.39 is 42.6 Å². The first-order valence-corrected chi connectivity index (χ1v) is 21.6. The second-order valence-corrected chi connectivity index (χ2v) is 16.9. The summed E-state index contributed by atoms with van der Waals surface area (Å²) in [6.45, 7) is 8.20. The fraction of sp³-hybridized carbons (Fsp3) is 0.660. The number of carboxylic acids is 1. The Morgan fingerprint density at radius 2 is 1.52 bits per heavy atom. The highest BCUT2D eigenvalue weighted by atomic mass is 16.6. The third kappa shape index (κ3) is 13.7. The lowest BCUT2D eigenvalue weighted by Gasteiger charge is -2.40. The molecule has 0 amide bonds. The van der Waals surface area contributed by atoms with Crippen LogP contribution in [-0.4, -0.2) is 106 Å². The molecule has 0 aromatic carbocycles. The normalized spacial score (nSPS) is 39.8. The molecular formula is C47H68O11. The summed E-state index contributed by atoms with van der Waals surface area (Å²) in [4.78, 5) is 24.0. The fourth-order valence-electron chi connectivity index (χ4n) is 8.60. The lowest BCUT2D eigenvalue weighted by atomic mass is 9.85. The molecule has 0 aliphatic carbocycles. The van der Waals surface area contributed by atoms with Crippen LogP contribution >= 0.6 is 0 Å². The number of carboxylic acid groups (broad SMARTS) is 1. The lowest BCUT2D eigenvalue weighted by molar-refractivity contribution is -0.175. The number of esters is 1. The van der Waals surface area contributed by atoms with Crippen LogP contribution in [0.1, 0.15) is 105 Å². The monoisotopic (exact) mass is 808 g/mol. The van der Waals surface area contributed by atoms with Crippen molar-refractivity contribution in [3.8, 4) is 0 Å². The quantitative estimate of drug-likeness (QED) is 0.119. The number of fused-ring (bicyclic) bond motifs is 14. The summed E-state index contributed by atoms with van der Waals surface area (Å²) >= 11 is 0. The van der Waals surface area contributed by atoms with Gasteiger partial charge in [0.05, 0.1) is 55.3 Å². The van der Waals surface area contributed by atoms with Gasteiger partial charge in [0, 0.05) is 31.1 Å². The van der Waals surface area contributed by atoms with E-state index in [-0.39, 0.29) is 79.6 Å². The topological polar surface area (TPSA) is 161 Å². The predicted octanol–water partition coefficient (Wildman–Crippen LogP) is 7.02. The van der Waals surface area contributed by atoms with E-state index in [0.717, 1.165) is 31.3 Å². The minimum atomic E-state index is -1.18. The predicted molar refractivity (Wildman–Crippen MR) is 222 cm³/mol. The van der Waals surface area contributed by atoms with Crippen molar-refractivity contribution >= 4 is 11.9 Å². The number of hydrogen-bond donors (Lipinski definition) is 4. The van der Waals surface area contributed by atoms with Gasteiger partial charge in [0.15, 0.2) is 0 Å². The van der Waals surface area contributed by atoms with Crippen molar-refractivity contribution in [2.45, 2.75) is 178 Å². The van der Waals surface area contributed by atoms with Crippen molar-refractivity contribution in [1.29, 1.82) is 0 Å². The van der Waals surface area contributed by atoms with Crippen LogP contribution in [0.3, 0.4) is 0 Å². The molecule has 0 spiro atoms. The molecule has 0 aromatic rings. The van der Waals surface area contributed by atoms with E-state index in [4.69, 9.17) is 28.8 Å². The number of ether oxygens (including phenoxy) is 5. The molecule has 15 unspecified atom stereocenters. The Bertz CT molecular complexity index is 1530. The van der Waals surface area contributed by atoms with Crippen molar-refractivity contribution in [2.75, 3.05) is 0 Å². The summed E-state index contributed by atoms with van der Waals surface area (Å²) in [5.74, 6) is -0.903. The molecule has 3 fully saturated rings. The zero-order valence-electron chi connectivity index (χ0n) is 34.8. The molecule has 0 saturated carbocycles. The van der Waals surface area contributed by atoms with Crippen molar-refractivity contribution in [3.63, 3.8) is 0 Å². The van der Waals surface area contributed by atoms with E-state index in [2.05, 4.69) is 38.2 Å². The average molecular weight is 809 g/mol. The molecule has 15 atom stereocenters. The summed E-state index contributed by atoms with van der Waals surface area (Å²) in [6.07, 6.45) is 26.8. The first-order valence-electron chi connectivity index (χ1n) is 21.6. The highest BCUT2D eigenvalue weighted by Gasteiger charge is 2.46. The molecule has 0 aromatic heterocycles. The van der Waals surface area contributed by atoms with Gasteiger partial charge in [-0.05, 0) is 69.4 Å². The van der Waals surface area contributed by atoms with Crippen LogP contribution in [0.15, 0.2) is 84.6 Å². The summed E-state index contributed by atoms with van der Waals surface area (Å²) in [6, 6.07) is 0. The zero-order chi connectivity index (χ0) is 41.6. The van der Waals surface area contributed by atoms with Crippen molar-refractivity contribution < 1.29 is 53.7 Å². The van der Waals surface area contributed by atoms with Gasteiger partial charge in [-0.15, -0.1) is 0 Å². The molecule has 0 radical (unpaired) electrons. The number of unbranched alkanes of at least 4 members (excludes halogenated alkanes) is 1. The molecule has 11 heteroatoms. The van der Waals surface area contributed by atoms with Gasteiger partial charge in [-0.1, -0.05) is 100 Å². The van der Waals surface area contributed by atoms with Gasteiger partial charge < -0.3 is 44.1 Å². The number of aliphatic carboxylic acids is 1. The Balaban J connectivity index is 1.27. The smallest absolute Gasteiger partial charge is 0.310 e. The van der Waals surface area contributed by atoms with E-state index in [1.165, 1.54) is 0 Å². The largest absolute Gasteiger partial charge is 0.481 e. The van der Waals surface area contributed by atoms with Gasteiger partial charge in [0.25, 0.3) is 0 Å². The van der Waals surface area contributed by atoms with Gasteiger partial charge in [-0.25, -0.2) is 0 Å². The van der Waals surface area contributed by atoms with Crippen LogP contribution in [0, 0.1) is 17.8 Å². The zero-order valence-corrected chi connectivity index (χ0v) is 34.8. The fourth-order valence-corrected chi connectivity index (χ4v) is 8.60. The maximum atomic E-state index is 13.0. The lowest BCUT2D eigenvalue weighted by Crippen LogP contribution is -2.50. The Kier molecular flexibility index (Phi) is 18.2. The van der Waals surface area contributed by atoms with E-state index in [1.807, 2.05) is 56.4 Å². The third-order valence-corrected chi connectivity index (χ3v) is 12.2. The summed E-state index contributed by atoms with van der Waals surface area (Å²) in [5, 5.41) is 41.7. The van der Waals surface area contributed by atoms with Crippen LogP contribution in [0.5, 0.6) is 0 Å². The maximum absolute atomic E-state index is 13.0. The first kappa shape index (κ1) is 45.9. The number of carbonyl (C=O) groups excluding carboxylic acids is 1. The maximum Gasteiger partial charge on any atom is 0.310 e. The van der Waals surface area contributed by atoms with Gasteiger partial charge in [-0.3, -0.25) is 9.59 Å². The van der Waals surface area contributed by atoms with Crippen LogP contribution in [0.2, 0.25) is 0 Å². The molecule has 58 heavy (non-hydrogen) atoms. The molecular weight excluding hydrogens is 741 g/mol. The average Bonchev–Trinajstić information content (AvgIpc) is 3.54. The van der Waals surface area contributed by atoms with Crippen LogP contribution in [0.25, 0.3) is 0 Å². The Hall–Kier alpha value is -3.16. The molecule has 6 rings (SSSR count). The number of carbonyl (C=O) groups is 2. The molecule has 6 aliphatic heterocycles. The minimum absolute atomic E-state index is 0.0311. The van der Waals surface area contributed by atoms with Crippen LogP contribution < -0.4 is 0 Å². The SMILES string of the molecule is CC(=CC(C)CCCCC(=O)O)C1OC2C=CC1OC(=O)CC=C/C=C/CC1OC3CC1OC(C=CCC1OC(CC(O)C1C)C(O)C(O)/C=C\CCC=CC2)C3C. The second kappa shape index (κ2) is 23.0. The summed E-state index contributed by atoms with van der Waals surface area (Å²) < 4.78 is 31.7. The van der Waals surface area contributed by atoms with Gasteiger partial charge in [-0.2, -0.15) is 0 Å². The molecule has 322 valence electrons. The number of aliphatic hydroxyl groups is 3. The Labute approximate surface area is 345 Å². The number of allylic oxidation sites excluding steroid dienone is 5. The summed E-state index contributed by atoms with van der Waals surface area (Å²) in [5.41, 5.74) is 0.963. The third-order valence-electron chi connectivity index (χ3n) is 12.2. The Morgan fingerprint density at radius 3 is 2.33 bits per heavy atom. The Morgan fingerprint density at radius 1 is 0.759 bits per heavy atom. The molecule has 11 nitrogen and oxygen atoms in total. The molecule has 4 N–H and O–H groups in total. The first-order chi connectivity index (χ1) is 27.9. The van der Waals surface area contributed by atoms with Gasteiger partial charge in [0.1, 0.15) is 24.4 Å². The second-order valence-electron chi connectivity index (χ2n) is 16.9. The van der Waals surface area contributed by atoms with E-state index in [0.29, 0.717) is 32.1 Å². The summed E-state index contributed by atoms with van der Waals surface area (Å²) in [7, 11) is 0. The molecule has 6 aliphatic rings. The minimum Gasteiger partial charge on any atom is -0.481 e. The van der Waals surface area contributed by atoms with Crippen LogP contribution in [0.4, 0.5) is 0 Å². The van der Waals surface area contributed by atoms with E-state index in [9.17, 15) is 24.9 Å². The van der Waals surface area contributed by atoms with E-state index in [1.54, 1.807) is 12.2 Å². The van der Waals surface area contributed by atoms with Gasteiger partial charge in [0.2, 0.25) is 0 Å². The molecule has 6 heterocycles. The van der Waals surface area contributed by atoms with Crippen molar-refractivity contribution in [3.05, 3.63) is 84.6 Å². The highest BCUT2D eigenvalue weighted by molar-refractivity contribution is 5.71. The molecule has 7 bridgehead atoms. The number of hydrogen-bond acceptors (Lipinski definition) is 10. The van der Waals surface area contributed by atoms with Crippen LogP contribution in [-0.2, 0) is 33.3 Å². The number of rotatable bonds is 7. The molecule has 3 saturated heterocycles. The standard InChI is InChI=1S/C47H68O11/c1-30(17-14-15-23-44(50)51)27-31(2)47-40-26-25-34(54-47)18-10-6-5-7-11-19-35(48)46(53)43-28-36(49)32(3)37(56-43)21-16-22-38-33(4)41-29-42(55-38)39(57-41)20-12-8-9-13-24-45(52)58-40/h6,8-13,16,19,22,25-27,30,32-43,46-49,53H,5,7,14-15,17-18,20-21,23-24,28-29H2,1-4H3,(H,50,51)/b10-6?,12-8+,13-9?,19-11-,22-16?,31-27?. The van der Waals surface area contributed by atoms with E-state index >= 15 is 0 Å². The highest BCUT2D eigenvalue weighted by Crippen LogP contribution is 2.39. The van der Waals surface area contributed by atoms with Crippen molar-refractivity contribution in [2.24, 2.45) is 17.8 Å². The number of aliphatic hydroxyl groups excluding tert-OH is 3. The van der Waals surface area contributed by atoms with Crippen molar-refractivity contribution in [1.82, 2.24) is 0 Å². The van der Waals surface area contributed by atoms with Gasteiger partial charge >= 0.3 is 11.9 Å².